The molecule has 1 aromatic carbocycles. The first-order valence-electron chi connectivity index (χ1n) is 8.34. The Morgan fingerprint density at radius 3 is 2.75 bits per heavy atom. The Hall–Kier alpha value is -3.24. The second kappa shape index (κ2) is 8.63. The fourth-order valence-corrected chi connectivity index (χ4v) is 3.56. The Kier molecular flexibility index (Phi) is 5.59. The molecule has 140 valence electrons. The minimum absolute atomic E-state index is 0.165. The van der Waals surface area contributed by atoms with Gasteiger partial charge in [-0.3, -0.25) is 5.10 Å². The van der Waals surface area contributed by atoms with Crippen LogP contribution >= 0.6 is 23.1 Å². The molecular formula is C18H16N8S2. The van der Waals surface area contributed by atoms with E-state index in [9.17, 15) is 0 Å². The molecule has 4 rings (SSSR count). The molecule has 4 N–H and O–H groups in total. The number of hydrogen-bond donors (Lipinski definition) is 3. The van der Waals surface area contributed by atoms with E-state index in [1.165, 1.54) is 11.8 Å². The van der Waals surface area contributed by atoms with E-state index in [4.69, 9.17) is 5.73 Å². The van der Waals surface area contributed by atoms with Crippen LogP contribution in [0.4, 0.5) is 17.6 Å². The zero-order valence-electron chi connectivity index (χ0n) is 14.6. The molecule has 0 saturated carbocycles. The van der Waals surface area contributed by atoms with Crippen molar-refractivity contribution in [3.8, 4) is 0 Å². The third kappa shape index (κ3) is 4.93. The maximum absolute atomic E-state index is 5.82. The first-order valence-corrected chi connectivity index (χ1v) is 10.2. The number of nitrogens with two attached hydrogens (primary N) is 1. The maximum Gasteiger partial charge on any atom is 0.232 e. The van der Waals surface area contributed by atoms with Gasteiger partial charge in [0.2, 0.25) is 17.1 Å². The average Bonchev–Trinajstić information content (AvgIpc) is 3.37. The van der Waals surface area contributed by atoms with Crippen molar-refractivity contribution in [3.05, 3.63) is 64.4 Å². The van der Waals surface area contributed by atoms with Crippen molar-refractivity contribution in [2.45, 2.75) is 10.9 Å². The van der Waals surface area contributed by atoms with Gasteiger partial charge in [0.25, 0.3) is 0 Å². The van der Waals surface area contributed by atoms with Crippen LogP contribution in [0.15, 0.2) is 53.0 Å². The number of nitrogens with one attached hydrogen (secondary N) is 2. The monoisotopic (exact) mass is 408 g/mol. The highest BCUT2D eigenvalue weighted by atomic mass is 32.2. The molecule has 3 aromatic heterocycles. The maximum atomic E-state index is 5.82. The molecule has 28 heavy (non-hydrogen) atoms. The minimum atomic E-state index is 0.165. The number of benzene rings is 1. The molecule has 0 aliphatic carbocycles. The van der Waals surface area contributed by atoms with E-state index in [0.717, 1.165) is 10.6 Å². The molecule has 0 saturated heterocycles. The summed E-state index contributed by atoms with van der Waals surface area (Å²) in [5.41, 5.74) is 6.69. The summed E-state index contributed by atoms with van der Waals surface area (Å²) in [4.78, 5) is 18.3. The third-order valence-electron chi connectivity index (χ3n) is 3.49. The molecule has 0 bridgehead atoms. The summed E-state index contributed by atoms with van der Waals surface area (Å²) in [6, 6.07) is 13.7. The van der Waals surface area contributed by atoms with Gasteiger partial charge in [-0.25, -0.2) is 4.98 Å². The molecule has 3 heterocycles. The minimum Gasteiger partial charge on any atom is -0.368 e. The molecule has 4 aromatic rings. The van der Waals surface area contributed by atoms with Gasteiger partial charge in [-0.05, 0) is 35.7 Å². The summed E-state index contributed by atoms with van der Waals surface area (Å²) in [6.07, 6.45) is 3.89. The highest BCUT2D eigenvalue weighted by Crippen LogP contribution is 2.20. The van der Waals surface area contributed by atoms with Crippen LogP contribution in [-0.4, -0.2) is 30.1 Å². The average molecular weight is 409 g/mol. The van der Waals surface area contributed by atoms with Gasteiger partial charge in [0.1, 0.15) is 11.6 Å². The predicted octanol–water partition coefficient (Wildman–Crippen LogP) is 3.84. The number of rotatable bonds is 7. The van der Waals surface area contributed by atoms with Crippen LogP contribution in [0.25, 0.3) is 12.2 Å². The van der Waals surface area contributed by atoms with Gasteiger partial charge in [-0.1, -0.05) is 36.0 Å². The van der Waals surface area contributed by atoms with Gasteiger partial charge in [0.15, 0.2) is 0 Å². The van der Waals surface area contributed by atoms with Crippen molar-refractivity contribution in [1.29, 1.82) is 0 Å². The van der Waals surface area contributed by atoms with Gasteiger partial charge < -0.3 is 11.1 Å². The predicted molar refractivity (Wildman–Crippen MR) is 113 cm³/mol. The van der Waals surface area contributed by atoms with Crippen molar-refractivity contribution >= 4 is 52.8 Å². The van der Waals surface area contributed by atoms with Gasteiger partial charge >= 0.3 is 0 Å². The topological polar surface area (TPSA) is 118 Å². The van der Waals surface area contributed by atoms with Crippen LogP contribution in [-0.2, 0) is 5.75 Å². The zero-order valence-corrected chi connectivity index (χ0v) is 16.2. The van der Waals surface area contributed by atoms with E-state index >= 15 is 0 Å². The second-order valence-electron chi connectivity index (χ2n) is 5.57. The molecule has 0 spiro atoms. The number of thioether (sulfide) groups is 1. The molecule has 0 amide bonds. The second-order valence-corrected chi connectivity index (χ2v) is 7.49. The molecule has 8 nitrogen and oxygen atoms in total. The number of thiophene rings is 1. The van der Waals surface area contributed by atoms with Gasteiger partial charge in [0.05, 0.1) is 5.75 Å². The molecular weight excluding hydrogens is 392 g/mol. The van der Waals surface area contributed by atoms with E-state index in [2.05, 4.69) is 35.5 Å². The summed E-state index contributed by atoms with van der Waals surface area (Å²) in [5, 5.41) is 12.9. The summed E-state index contributed by atoms with van der Waals surface area (Å²) in [5.74, 6) is 2.29. The van der Waals surface area contributed by atoms with E-state index in [0.29, 0.717) is 28.5 Å². The lowest BCUT2D eigenvalue weighted by Crippen LogP contribution is -2.06. The highest BCUT2D eigenvalue weighted by Gasteiger charge is 2.08. The number of nitrogens with zero attached hydrogens (tertiary/aromatic N) is 5. The number of H-pyrrole nitrogens is 1. The molecule has 0 fully saturated rings. The van der Waals surface area contributed by atoms with Crippen LogP contribution in [0.2, 0.25) is 0 Å². The van der Waals surface area contributed by atoms with Crippen molar-refractivity contribution in [1.82, 2.24) is 30.1 Å². The number of anilines is 3. The zero-order chi connectivity index (χ0) is 19.2. The van der Waals surface area contributed by atoms with E-state index < -0.39 is 0 Å². The quantitative estimate of drug-likeness (QED) is 0.395. The van der Waals surface area contributed by atoms with Crippen LogP contribution in [0.5, 0.6) is 0 Å². The summed E-state index contributed by atoms with van der Waals surface area (Å²) in [7, 11) is 0. The lowest BCUT2D eigenvalue weighted by molar-refractivity contribution is 0.955. The smallest absolute Gasteiger partial charge is 0.232 e. The molecule has 0 unspecified atom stereocenters. The van der Waals surface area contributed by atoms with Crippen LogP contribution in [0, 0.1) is 0 Å². The number of para-hydroxylation sites is 1. The fourth-order valence-electron chi connectivity index (χ4n) is 2.28. The molecule has 0 aliphatic rings. The SMILES string of the molecule is Nc1nc(CSc2n[nH]c(/C=C/c3cccs3)n2)nc(Nc2ccccc2)n1. The van der Waals surface area contributed by atoms with Crippen molar-refractivity contribution in [2.24, 2.45) is 0 Å². The van der Waals surface area contributed by atoms with Crippen molar-refractivity contribution in [3.63, 3.8) is 0 Å². The molecule has 10 heteroatoms. The van der Waals surface area contributed by atoms with Crippen molar-refractivity contribution in [2.75, 3.05) is 11.1 Å². The summed E-state index contributed by atoms with van der Waals surface area (Å²) >= 11 is 3.09. The van der Waals surface area contributed by atoms with E-state index in [1.54, 1.807) is 11.3 Å². The van der Waals surface area contributed by atoms with E-state index in [-0.39, 0.29) is 5.95 Å². The molecule has 0 radical (unpaired) electrons. The lowest BCUT2D eigenvalue weighted by atomic mass is 10.3. The van der Waals surface area contributed by atoms with Crippen molar-refractivity contribution < 1.29 is 0 Å². The van der Waals surface area contributed by atoms with Crippen LogP contribution in [0.3, 0.4) is 0 Å². The van der Waals surface area contributed by atoms with Gasteiger partial charge in [-0.15, -0.1) is 16.4 Å². The first kappa shape index (κ1) is 18.1. The molecule has 0 aliphatic heterocycles. The Balaban J connectivity index is 1.39. The first-order chi connectivity index (χ1) is 13.7. The number of aromatic nitrogens is 6. The number of aromatic amines is 1. The Labute approximate surface area is 169 Å². The van der Waals surface area contributed by atoms with Crippen LogP contribution in [0.1, 0.15) is 16.5 Å². The lowest BCUT2D eigenvalue weighted by Gasteiger charge is -2.06. The van der Waals surface area contributed by atoms with Gasteiger partial charge in [-0.2, -0.15) is 15.0 Å². The Morgan fingerprint density at radius 1 is 1.04 bits per heavy atom. The van der Waals surface area contributed by atoms with E-state index in [1.807, 2.05) is 60.0 Å². The Bertz CT molecular complexity index is 1060. The number of hydrogen-bond acceptors (Lipinski definition) is 9. The standard InChI is InChI=1S/C18H16N8S2/c19-16-21-15(22-17(24-16)20-12-5-2-1-3-6-12)11-28-18-23-14(25-26-18)9-8-13-7-4-10-27-13/h1-10H,11H2,(H,23,25,26)(H3,19,20,21,22,24)/b9-8+. The summed E-state index contributed by atoms with van der Waals surface area (Å²) in [6.45, 7) is 0. The summed E-state index contributed by atoms with van der Waals surface area (Å²) < 4.78 is 0. The third-order valence-corrected chi connectivity index (χ3v) is 5.17. The Morgan fingerprint density at radius 2 is 1.93 bits per heavy atom. The largest absolute Gasteiger partial charge is 0.368 e. The van der Waals surface area contributed by atoms with Gasteiger partial charge in [0, 0.05) is 10.6 Å². The number of nitrogen functional groups attached to an aromatic ring is 1. The normalized spacial score (nSPS) is 11.1. The van der Waals surface area contributed by atoms with Crippen LogP contribution < -0.4 is 11.1 Å². The fraction of sp³-hybridized carbons (Fsp3) is 0.0556. The highest BCUT2D eigenvalue weighted by molar-refractivity contribution is 7.98. The molecule has 0 atom stereocenters.